The molecule has 0 bridgehead atoms. The van der Waals surface area contributed by atoms with Gasteiger partial charge in [0.25, 0.3) is 0 Å². The number of hydrogen-bond donors (Lipinski definition) is 16. The first kappa shape index (κ1) is 64.3. The first-order valence-electron chi connectivity index (χ1n) is 24.1. The quantitative estimate of drug-likeness (QED) is 0.0259. The molecule has 3 heterocycles. The lowest BCUT2D eigenvalue weighted by atomic mass is 9.92. The van der Waals surface area contributed by atoms with Gasteiger partial charge in [0.15, 0.2) is 18.9 Å². The largest absolute Gasteiger partial charge is 0.394 e. The molecule has 3 aliphatic heterocycles. The summed E-state index contributed by atoms with van der Waals surface area (Å²) in [6, 6.07) is 0. The van der Waals surface area contributed by atoms with Crippen molar-refractivity contribution in [1.82, 2.24) is 21.3 Å². The highest BCUT2D eigenvalue weighted by Crippen LogP contribution is 2.25. The number of aliphatic hydroxyl groups is 12. The summed E-state index contributed by atoms with van der Waals surface area (Å²) in [7, 11) is 0. The SMILES string of the molecule is CCNC(=O)CCOCC(COCCC(=O)NCCO[C@H]1O[C@H](CO)[C@@H](O)[C@H](O)[C@@H]1O)(COCCC(=O)NCCO[C@H]1O[C@H](CO)[C@@H](O)[C@H](O)[C@@H]1O)COCCC(=O)NCCO[C@H]1O[C@H](CO)[C@@H](O)[C@H](O)[C@@H]1O. The Hall–Kier alpha value is -3.00. The standard InChI is InChI=1S/C43H78N4O26/c1-2-44-27(51)3-10-64-20-43(21-65-11-4-28(52)45-7-14-68-40-37(61)34(58)31(55)24(17-48)71-40,22-66-12-5-29(53)46-8-15-69-41-38(62)35(59)32(56)25(18-49)72-41)23-67-13-6-30(54)47-9-16-70-42-39(63)36(60)33(57)26(19-50)73-42/h24-26,31-42,48-50,55-63H,2-23H2,1H3,(H,44,51)(H,45,52)(H,46,53)(H,47,54)/t24-,25-,26-,31-,32-,33-,34+,35+,36+,37+,38+,39+,40+,41+,42+/m1/s1. The van der Waals surface area contributed by atoms with E-state index in [9.17, 15) is 80.5 Å². The van der Waals surface area contributed by atoms with Crippen molar-refractivity contribution in [2.45, 2.75) is 125 Å². The molecule has 16 N–H and O–H groups in total. The van der Waals surface area contributed by atoms with Gasteiger partial charge in [0.2, 0.25) is 23.6 Å². The van der Waals surface area contributed by atoms with E-state index in [0.717, 1.165) is 0 Å². The number of amides is 4. The number of nitrogens with one attached hydrogen (secondary N) is 4. The lowest BCUT2D eigenvalue weighted by Crippen LogP contribution is -2.59. The van der Waals surface area contributed by atoms with Gasteiger partial charge >= 0.3 is 0 Å². The lowest BCUT2D eigenvalue weighted by molar-refractivity contribution is -0.300. The minimum Gasteiger partial charge on any atom is -0.394 e. The van der Waals surface area contributed by atoms with Crippen molar-refractivity contribution < 1.29 is 128 Å². The second-order valence-corrected chi connectivity index (χ2v) is 17.4. The number of carbonyl (C=O) groups excluding carboxylic acids is 4. The monoisotopic (exact) mass is 1070 g/mol. The van der Waals surface area contributed by atoms with Gasteiger partial charge in [-0.1, -0.05) is 0 Å². The van der Waals surface area contributed by atoms with Gasteiger partial charge < -0.3 is 130 Å². The van der Waals surface area contributed by atoms with E-state index in [4.69, 9.17) is 47.4 Å². The van der Waals surface area contributed by atoms with Crippen molar-refractivity contribution >= 4 is 23.6 Å². The molecule has 73 heavy (non-hydrogen) atoms. The molecule has 3 saturated heterocycles. The highest BCUT2D eigenvalue weighted by Gasteiger charge is 2.46. The smallest absolute Gasteiger partial charge is 0.222 e. The summed E-state index contributed by atoms with van der Waals surface area (Å²) >= 11 is 0. The second-order valence-electron chi connectivity index (χ2n) is 17.4. The van der Waals surface area contributed by atoms with Crippen LogP contribution in [0.3, 0.4) is 0 Å². The number of ether oxygens (including phenoxy) is 10. The van der Waals surface area contributed by atoms with E-state index in [1.54, 1.807) is 6.92 Å². The predicted molar refractivity (Wildman–Crippen MR) is 241 cm³/mol. The first-order valence-corrected chi connectivity index (χ1v) is 24.1. The van der Waals surface area contributed by atoms with Crippen LogP contribution in [0.1, 0.15) is 32.6 Å². The number of hydrogen-bond acceptors (Lipinski definition) is 26. The van der Waals surface area contributed by atoms with Gasteiger partial charge in [-0.15, -0.1) is 0 Å². The molecule has 15 atom stereocenters. The molecule has 0 radical (unpaired) electrons. The van der Waals surface area contributed by atoms with E-state index in [0.29, 0.717) is 6.54 Å². The zero-order valence-electron chi connectivity index (χ0n) is 40.8. The van der Waals surface area contributed by atoms with Crippen LogP contribution in [-0.4, -0.2) is 296 Å². The maximum Gasteiger partial charge on any atom is 0.222 e. The summed E-state index contributed by atoms with van der Waals surface area (Å²) < 4.78 is 55.7. The molecule has 30 heteroatoms. The van der Waals surface area contributed by atoms with Gasteiger partial charge in [-0.3, -0.25) is 19.2 Å². The molecule has 0 aliphatic carbocycles. The molecule has 30 nitrogen and oxygen atoms in total. The van der Waals surface area contributed by atoms with Gasteiger partial charge in [-0.05, 0) is 6.92 Å². The Kier molecular flexibility index (Phi) is 30.5. The van der Waals surface area contributed by atoms with Crippen LogP contribution in [0.5, 0.6) is 0 Å². The van der Waals surface area contributed by atoms with Gasteiger partial charge in [0.05, 0.1) is 97.9 Å². The fourth-order valence-electron chi connectivity index (χ4n) is 7.33. The minimum absolute atomic E-state index is 0.00724. The normalized spacial score (nSPS) is 30.7. The van der Waals surface area contributed by atoms with Crippen LogP contribution in [0, 0.1) is 5.41 Å². The van der Waals surface area contributed by atoms with E-state index in [-0.39, 0.29) is 124 Å². The van der Waals surface area contributed by atoms with Crippen LogP contribution in [0.15, 0.2) is 0 Å². The van der Waals surface area contributed by atoms with Gasteiger partial charge in [-0.2, -0.15) is 0 Å². The predicted octanol–water partition coefficient (Wildman–Crippen LogP) is -9.47. The zero-order valence-corrected chi connectivity index (χ0v) is 40.8. The van der Waals surface area contributed by atoms with E-state index in [1.165, 1.54) is 0 Å². The van der Waals surface area contributed by atoms with E-state index in [1.807, 2.05) is 0 Å². The molecule has 0 aromatic rings. The molecular formula is C43H78N4O26. The van der Waals surface area contributed by atoms with Crippen molar-refractivity contribution in [3.8, 4) is 0 Å². The third-order valence-corrected chi connectivity index (χ3v) is 11.6. The Balaban J connectivity index is 1.56. The number of carbonyl (C=O) groups is 4. The highest BCUT2D eigenvalue weighted by atomic mass is 16.7. The maximum atomic E-state index is 12.7. The highest BCUT2D eigenvalue weighted by molar-refractivity contribution is 5.77. The molecule has 426 valence electrons. The number of rotatable bonds is 36. The lowest BCUT2D eigenvalue weighted by Gasteiger charge is -2.39. The van der Waals surface area contributed by atoms with Gasteiger partial charge in [0, 0.05) is 51.9 Å². The Morgan fingerprint density at radius 3 is 0.904 bits per heavy atom. The average molecular weight is 1070 g/mol. The van der Waals surface area contributed by atoms with Crippen LogP contribution in [-0.2, 0) is 66.5 Å². The molecule has 0 aromatic heterocycles. The fraction of sp³-hybridized carbons (Fsp3) is 0.907. The Morgan fingerprint density at radius 1 is 0.397 bits per heavy atom. The molecule has 3 fully saturated rings. The Labute approximate surface area is 421 Å². The summed E-state index contributed by atoms with van der Waals surface area (Å²) in [5, 5.41) is 129. The fourth-order valence-corrected chi connectivity index (χ4v) is 7.33. The van der Waals surface area contributed by atoms with Crippen LogP contribution in [0.25, 0.3) is 0 Å². The minimum atomic E-state index is -1.64. The van der Waals surface area contributed by atoms with Crippen molar-refractivity contribution in [1.29, 1.82) is 0 Å². The Morgan fingerprint density at radius 2 is 0.658 bits per heavy atom. The van der Waals surface area contributed by atoms with Crippen LogP contribution >= 0.6 is 0 Å². The third-order valence-electron chi connectivity index (χ3n) is 11.6. The summed E-state index contributed by atoms with van der Waals surface area (Å²) in [5.74, 6) is -1.68. The molecule has 3 rings (SSSR count). The average Bonchev–Trinajstić information content (AvgIpc) is 3.37. The summed E-state index contributed by atoms with van der Waals surface area (Å²) in [5.41, 5.74) is -1.16. The zero-order chi connectivity index (χ0) is 53.9. The van der Waals surface area contributed by atoms with E-state index < -0.39 is 135 Å². The van der Waals surface area contributed by atoms with Gasteiger partial charge in [0.1, 0.15) is 73.2 Å². The number of aliphatic hydroxyl groups excluding tert-OH is 12. The van der Waals surface area contributed by atoms with E-state index >= 15 is 0 Å². The summed E-state index contributed by atoms with van der Waals surface area (Å²) in [6.07, 6.45) is -22.6. The molecule has 0 aromatic carbocycles. The molecule has 0 spiro atoms. The Bertz CT molecular complexity index is 1420. The molecule has 0 unspecified atom stereocenters. The maximum absolute atomic E-state index is 12.7. The van der Waals surface area contributed by atoms with Crippen LogP contribution in [0.4, 0.5) is 0 Å². The second kappa shape index (κ2) is 34.6. The summed E-state index contributed by atoms with van der Waals surface area (Å²) in [4.78, 5) is 50.3. The van der Waals surface area contributed by atoms with Gasteiger partial charge in [-0.25, -0.2) is 0 Å². The van der Waals surface area contributed by atoms with Crippen LogP contribution < -0.4 is 21.3 Å². The molecular weight excluding hydrogens is 988 g/mol. The van der Waals surface area contributed by atoms with Crippen molar-refractivity contribution in [2.75, 3.05) is 119 Å². The van der Waals surface area contributed by atoms with Crippen LogP contribution in [0.2, 0.25) is 0 Å². The van der Waals surface area contributed by atoms with Crippen molar-refractivity contribution in [3.05, 3.63) is 0 Å². The van der Waals surface area contributed by atoms with E-state index in [2.05, 4.69) is 21.3 Å². The molecule has 4 amide bonds. The first-order chi connectivity index (χ1) is 34.9. The molecule has 3 aliphatic rings. The topological polar surface area (TPSA) is 451 Å². The van der Waals surface area contributed by atoms with Crippen molar-refractivity contribution in [2.24, 2.45) is 5.41 Å². The third kappa shape index (κ3) is 21.9. The molecule has 0 saturated carbocycles. The van der Waals surface area contributed by atoms with Crippen molar-refractivity contribution in [3.63, 3.8) is 0 Å². The summed E-state index contributed by atoms with van der Waals surface area (Å²) in [6.45, 7) is -1.55.